The van der Waals surface area contributed by atoms with Crippen LogP contribution in [0.1, 0.15) is 49.3 Å². The molecular formula is C20H29NO3. The lowest BCUT2D eigenvalue weighted by molar-refractivity contribution is -0.0722. The fraction of sp³-hybridized carbons (Fsp3) is 0.600. The summed E-state index contributed by atoms with van der Waals surface area (Å²) in [5, 5.41) is 20.3. The smallest absolute Gasteiger partial charge is 0.161 e. The van der Waals surface area contributed by atoms with Crippen molar-refractivity contribution in [2.75, 3.05) is 20.1 Å². The van der Waals surface area contributed by atoms with E-state index in [9.17, 15) is 10.2 Å². The lowest BCUT2D eigenvalue weighted by atomic mass is 9.80. The molecule has 2 aliphatic rings. The van der Waals surface area contributed by atoms with Gasteiger partial charge in [0.1, 0.15) is 0 Å². The SMILES string of the molecule is C=CCN(C)C[C@@H]1O[C@H](C2CCCCC2)Cc2c1ccc(O)c2O. The summed E-state index contributed by atoms with van der Waals surface area (Å²) in [6, 6.07) is 3.47. The number of phenolic OH excluding ortho intramolecular Hbond substituents is 2. The van der Waals surface area contributed by atoms with E-state index >= 15 is 0 Å². The summed E-state index contributed by atoms with van der Waals surface area (Å²) >= 11 is 0. The summed E-state index contributed by atoms with van der Waals surface area (Å²) in [5.41, 5.74) is 1.88. The molecule has 0 amide bonds. The molecule has 2 N–H and O–H groups in total. The first-order chi connectivity index (χ1) is 11.6. The topological polar surface area (TPSA) is 52.9 Å². The summed E-state index contributed by atoms with van der Waals surface area (Å²) in [5.74, 6) is 0.560. The van der Waals surface area contributed by atoms with Gasteiger partial charge in [0.2, 0.25) is 0 Å². The van der Waals surface area contributed by atoms with Crippen LogP contribution in [0.4, 0.5) is 0 Å². The maximum Gasteiger partial charge on any atom is 0.161 e. The highest BCUT2D eigenvalue weighted by Crippen LogP contribution is 2.43. The number of nitrogens with zero attached hydrogens (tertiary/aromatic N) is 1. The van der Waals surface area contributed by atoms with E-state index in [1.165, 1.54) is 32.1 Å². The monoisotopic (exact) mass is 331 g/mol. The molecule has 4 nitrogen and oxygen atoms in total. The third-order valence-electron chi connectivity index (χ3n) is 5.48. The Morgan fingerprint density at radius 3 is 2.71 bits per heavy atom. The fourth-order valence-electron chi connectivity index (χ4n) is 4.19. The fourth-order valence-corrected chi connectivity index (χ4v) is 4.19. The van der Waals surface area contributed by atoms with Crippen molar-refractivity contribution in [3.8, 4) is 11.5 Å². The van der Waals surface area contributed by atoms with Crippen LogP contribution < -0.4 is 0 Å². The van der Waals surface area contributed by atoms with Crippen molar-refractivity contribution < 1.29 is 14.9 Å². The molecule has 1 heterocycles. The van der Waals surface area contributed by atoms with Crippen molar-refractivity contribution in [1.82, 2.24) is 4.90 Å². The zero-order valence-corrected chi connectivity index (χ0v) is 14.6. The minimum absolute atomic E-state index is 0.0313. The van der Waals surface area contributed by atoms with Gasteiger partial charge in [-0.15, -0.1) is 6.58 Å². The second-order valence-corrected chi connectivity index (χ2v) is 7.28. The Morgan fingerprint density at radius 1 is 1.25 bits per heavy atom. The molecule has 0 radical (unpaired) electrons. The largest absolute Gasteiger partial charge is 0.504 e. The maximum absolute atomic E-state index is 10.4. The van der Waals surface area contributed by atoms with Crippen molar-refractivity contribution in [2.24, 2.45) is 5.92 Å². The number of aromatic hydroxyl groups is 2. The Balaban J connectivity index is 1.87. The van der Waals surface area contributed by atoms with Gasteiger partial charge in [-0.3, -0.25) is 4.90 Å². The molecule has 2 atom stereocenters. The lowest BCUT2D eigenvalue weighted by Gasteiger charge is -2.39. The van der Waals surface area contributed by atoms with Gasteiger partial charge in [0.25, 0.3) is 0 Å². The molecule has 1 aromatic carbocycles. The van der Waals surface area contributed by atoms with Gasteiger partial charge >= 0.3 is 0 Å². The number of hydrogen-bond acceptors (Lipinski definition) is 4. The summed E-state index contributed by atoms with van der Waals surface area (Å²) in [6.07, 6.45) is 8.90. The van der Waals surface area contributed by atoms with E-state index in [1.807, 2.05) is 12.1 Å². The molecule has 4 heteroatoms. The number of ether oxygens (including phenoxy) is 1. The number of benzene rings is 1. The summed E-state index contributed by atoms with van der Waals surface area (Å²) in [6.45, 7) is 5.35. The van der Waals surface area contributed by atoms with Crippen LogP contribution in [0.25, 0.3) is 0 Å². The summed E-state index contributed by atoms with van der Waals surface area (Å²) < 4.78 is 6.50. The molecule has 1 aliphatic heterocycles. The molecule has 1 saturated carbocycles. The van der Waals surface area contributed by atoms with Crippen LogP contribution in [0.3, 0.4) is 0 Å². The Hall–Kier alpha value is -1.52. The van der Waals surface area contributed by atoms with Gasteiger partial charge in [0.15, 0.2) is 11.5 Å². The van der Waals surface area contributed by atoms with Gasteiger partial charge in [-0.25, -0.2) is 0 Å². The highest BCUT2D eigenvalue weighted by molar-refractivity contribution is 5.51. The second kappa shape index (κ2) is 7.58. The molecule has 0 spiro atoms. The number of hydrogen-bond donors (Lipinski definition) is 2. The third kappa shape index (κ3) is 3.60. The van der Waals surface area contributed by atoms with E-state index in [0.717, 1.165) is 24.2 Å². The van der Waals surface area contributed by atoms with E-state index < -0.39 is 0 Å². The third-order valence-corrected chi connectivity index (χ3v) is 5.48. The van der Waals surface area contributed by atoms with Gasteiger partial charge in [-0.2, -0.15) is 0 Å². The van der Waals surface area contributed by atoms with Crippen LogP contribution in [0.2, 0.25) is 0 Å². The van der Waals surface area contributed by atoms with Crippen molar-refractivity contribution in [3.05, 3.63) is 35.9 Å². The molecule has 0 bridgehead atoms. The standard InChI is InChI=1S/C20H29NO3/c1-3-11-21(2)13-19-15-9-10-17(22)20(23)16(15)12-18(24-19)14-7-5-4-6-8-14/h3,9-10,14,18-19,22-23H,1,4-8,11-13H2,2H3/t18-,19-/m0/s1. The van der Waals surface area contributed by atoms with E-state index in [1.54, 1.807) is 6.07 Å². The van der Waals surface area contributed by atoms with Crippen LogP contribution in [-0.4, -0.2) is 41.4 Å². The highest BCUT2D eigenvalue weighted by Gasteiger charge is 2.35. The zero-order valence-electron chi connectivity index (χ0n) is 14.6. The van der Waals surface area contributed by atoms with E-state index in [4.69, 9.17) is 4.74 Å². The summed E-state index contributed by atoms with van der Waals surface area (Å²) in [7, 11) is 2.05. The van der Waals surface area contributed by atoms with Crippen LogP contribution in [0.15, 0.2) is 24.8 Å². The molecule has 0 unspecified atom stereocenters. The predicted octanol–water partition coefficient (Wildman–Crippen LogP) is 3.78. The average molecular weight is 331 g/mol. The van der Waals surface area contributed by atoms with Gasteiger partial charge in [-0.1, -0.05) is 31.4 Å². The van der Waals surface area contributed by atoms with Crippen LogP contribution >= 0.6 is 0 Å². The summed E-state index contributed by atoms with van der Waals surface area (Å²) in [4.78, 5) is 2.18. The Kier molecular flexibility index (Phi) is 5.47. The first kappa shape index (κ1) is 17.3. The molecule has 24 heavy (non-hydrogen) atoms. The number of rotatable bonds is 5. The molecule has 1 aromatic rings. The highest BCUT2D eigenvalue weighted by atomic mass is 16.5. The van der Waals surface area contributed by atoms with Gasteiger partial charge in [0.05, 0.1) is 12.2 Å². The quantitative estimate of drug-likeness (QED) is 0.637. The molecule has 0 saturated heterocycles. The van der Waals surface area contributed by atoms with Crippen LogP contribution in [-0.2, 0) is 11.2 Å². The molecule has 132 valence electrons. The van der Waals surface area contributed by atoms with Crippen molar-refractivity contribution in [3.63, 3.8) is 0 Å². The normalized spacial score (nSPS) is 24.8. The molecule has 1 aliphatic carbocycles. The average Bonchev–Trinajstić information content (AvgIpc) is 2.59. The first-order valence-electron chi connectivity index (χ1n) is 9.08. The minimum atomic E-state index is -0.0721. The first-order valence-corrected chi connectivity index (χ1v) is 9.08. The van der Waals surface area contributed by atoms with Crippen LogP contribution in [0, 0.1) is 5.92 Å². The number of likely N-dealkylation sites (N-methyl/N-ethyl adjacent to an activating group) is 1. The molecule has 1 fully saturated rings. The Morgan fingerprint density at radius 2 is 2.00 bits per heavy atom. The second-order valence-electron chi connectivity index (χ2n) is 7.28. The number of fused-ring (bicyclic) bond motifs is 1. The lowest BCUT2D eigenvalue weighted by Crippen LogP contribution is -2.37. The van der Waals surface area contributed by atoms with E-state index in [2.05, 4.69) is 18.5 Å². The minimum Gasteiger partial charge on any atom is -0.504 e. The Bertz CT molecular complexity index is 580. The maximum atomic E-state index is 10.4. The van der Waals surface area contributed by atoms with Gasteiger partial charge < -0.3 is 14.9 Å². The molecule has 3 rings (SSSR count). The predicted molar refractivity (Wildman–Crippen MR) is 95.4 cm³/mol. The van der Waals surface area contributed by atoms with E-state index in [0.29, 0.717) is 12.3 Å². The van der Waals surface area contributed by atoms with Gasteiger partial charge in [-0.05, 0) is 37.4 Å². The Labute approximate surface area is 144 Å². The molecular weight excluding hydrogens is 302 g/mol. The van der Waals surface area contributed by atoms with E-state index in [-0.39, 0.29) is 23.7 Å². The zero-order chi connectivity index (χ0) is 17.1. The van der Waals surface area contributed by atoms with Gasteiger partial charge in [0, 0.05) is 25.1 Å². The van der Waals surface area contributed by atoms with Crippen molar-refractivity contribution in [2.45, 2.75) is 50.7 Å². The number of phenols is 2. The van der Waals surface area contributed by atoms with Crippen molar-refractivity contribution in [1.29, 1.82) is 0 Å². The molecule has 0 aromatic heterocycles. The van der Waals surface area contributed by atoms with Crippen LogP contribution in [0.5, 0.6) is 11.5 Å². The van der Waals surface area contributed by atoms with Crippen molar-refractivity contribution >= 4 is 0 Å².